The number of aryl methyl sites for hydroxylation is 1. The average Bonchev–Trinajstić information content (AvgIpc) is 3.09. The fraction of sp³-hybridized carbons (Fsp3) is 0.471. The van der Waals surface area contributed by atoms with Crippen LogP contribution in [-0.2, 0) is 14.3 Å². The number of hydrogen-bond donors (Lipinski definition) is 0. The van der Waals surface area contributed by atoms with Crippen LogP contribution in [0.4, 0.5) is 5.69 Å². The number of nitrogens with zero attached hydrogens (tertiary/aromatic N) is 2. The van der Waals surface area contributed by atoms with E-state index in [-0.39, 0.29) is 22.0 Å². The normalized spacial score (nSPS) is 24.5. The summed E-state index contributed by atoms with van der Waals surface area (Å²) < 4.78 is 5.11. The first-order valence-corrected chi connectivity index (χ1v) is 9.12. The van der Waals surface area contributed by atoms with Crippen molar-refractivity contribution in [3.63, 3.8) is 0 Å². The van der Waals surface area contributed by atoms with Crippen LogP contribution in [0.15, 0.2) is 18.2 Å². The molecule has 1 aromatic rings. The molecular weight excluding hydrogens is 360 g/mol. The van der Waals surface area contributed by atoms with Crippen molar-refractivity contribution < 1.29 is 24.0 Å². The first-order valence-electron chi connectivity index (χ1n) is 8.14. The third-order valence-electron chi connectivity index (χ3n) is 4.79. The van der Waals surface area contributed by atoms with Crippen LogP contribution in [0.25, 0.3) is 0 Å². The van der Waals surface area contributed by atoms with Gasteiger partial charge in [-0.1, -0.05) is 12.1 Å². The highest BCUT2D eigenvalue weighted by Crippen LogP contribution is 2.47. The molecule has 2 aliphatic heterocycles. The quantitative estimate of drug-likeness (QED) is 0.334. The predicted octanol–water partition coefficient (Wildman–Crippen LogP) is 2.08. The fourth-order valence-electron chi connectivity index (χ4n) is 3.29. The van der Waals surface area contributed by atoms with E-state index in [1.807, 2.05) is 6.92 Å². The number of rotatable bonds is 5. The predicted molar refractivity (Wildman–Crippen MR) is 93.9 cm³/mol. The van der Waals surface area contributed by atoms with Crippen molar-refractivity contribution in [2.75, 3.05) is 12.4 Å². The highest BCUT2D eigenvalue weighted by Gasteiger charge is 2.53. The van der Waals surface area contributed by atoms with Gasteiger partial charge in [-0.3, -0.25) is 19.7 Å². The van der Waals surface area contributed by atoms with Crippen LogP contribution < -0.4 is 0 Å². The largest absolute Gasteiger partial charge is 0.456 e. The van der Waals surface area contributed by atoms with Gasteiger partial charge in [-0.2, -0.15) is 0 Å². The number of benzene rings is 1. The summed E-state index contributed by atoms with van der Waals surface area (Å²) in [5, 5.41) is 11.0. The van der Waals surface area contributed by atoms with Gasteiger partial charge in [0.1, 0.15) is 6.04 Å². The lowest BCUT2D eigenvalue weighted by molar-refractivity contribution is -0.385. The van der Waals surface area contributed by atoms with E-state index in [0.717, 1.165) is 0 Å². The number of carbonyl (C=O) groups excluding carboxylic acids is 3. The van der Waals surface area contributed by atoms with E-state index >= 15 is 0 Å². The summed E-state index contributed by atoms with van der Waals surface area (Å²) in [6, 6.07) is 3.43. The molecule has 0 bridgehead atoms. The Morgan fingerprint density at radius 3 is 2.88 bits per heavy atom. The third-order valence-corrected chi connectivity index (χ3v) is 6.30. The fourth-order valence-corrected chi connectivity index (χ4v) is 4.71. The van der Waals surface area contributed by atoms with E-state index in [1.54, 1.807) is 11.8 Å². The molecule has 3 rings (SSSR count). The summed E-state index contributed by atoms with van der Waals surface area (Å²) in [7, 11) is 0. The van der Waals surface area contributed by atoms with E-state index in [2.05, 4.69) is 0 Å². The zero-order valence-electron chi connectivity index (χ0n) is 14.4. The molecule has 2 saturated heterocycles. The molecule has 1 aromatic carbocycles. The van der Waals surface area contributed by atoms with Crippen LogP contribution in [0.5, 0.6) is 0 Å². The zero-order chi connectivity index (χ0) is 19.1. The number of hydrogen-bond acceptors (Lipinski definition) is 7. The van der Waals surface area contributed by atoms with Gasteiger partial charge >= 0.3 is 5.97 Å². The summed E-state index contributed by atoms with van der Waals surface area (Å²) in [6.07, 6.45) is 1.09. The Bertz CT molecular complexity index is 810. The van der Waals surface area contributed by atoms with E-state index in [0.29, 0.717) is 24.2 Å². The number of Topliss-reactive ketones (excluding diaryl/α,β-unsaturated/α-hetero) is 1. The van der Waals surface area contributed by atoms with E-state index in [1.165, 1.54) is 30.0 Å². The molecule has 0 spiro atoms. The van der Waals surface area contributed by atoms with Gasteiger partial charge in [0.15, 0.2) is 6.61 Å². The Kier molecular flexibility index (Phi) is 4.74. The van der Waals surface area contributed by atoms with Gasteiger partial charge in [0.2, 0.25) is 11.7 Å². The number of ether oxygens (including phenoxy) is 1. The number of amides is 1. The molecular formula is C17H18N2O6S. The third kappa shape index (κ3) is 3.18. The maximum absolute atomic E-state index is 12.4. The van der Waals surface area contributed by atoms with Crippen LogP contribution in [-0.4, -0.2) is 50.8 Å². The maximum Gasteiger partial charge on any atom is 0.330 e. The zero-order valence-corrected chi connectivity index (χ0v) is 15.2. The average molecular weight is 378 g/mol. The molecule has 0 aromatic heterocycles. The second-order valence-electron chi connectivity index (χ2n) is 6.55. The minimum absolute atomic E-state index is 0.0834. The van der Waals surface area contributed by atoms with Crippen molar-refractivity contribution in [2.24, 2.45) is 0 Å². The van der Waals surface area contributed by atoms with E-state index in [9.17, 15) is 24.5 Å². The monoisotopic (exact) mass is 378 g/mol. The minimum Gasteiger partial charge on any atom is -0.456 e. The van der Waals surface area contributed by atoms with Crippen molar-refractivity contribution in [3.05, 3.63) is 39.4 Å². The summed E-state index contributed by atoms with van der Waals surface area (Å²) >= 11 is 1.54. The standard InChI is InChI=1S/C17H18N2O6S/c1-10-3-4-11(7-12(10)19(23)24)14(20)8-25-16(22)13-9-26-17(2)6-5-15(21)18(13)17/h3-4,7,13H,5-6,8-9H2,1-2H3/t13-,17-/m0/s1. The smallest absolute Gasteiger partial charge is 0.330 e. The Labute approximate surface area is 154 Å². The lowest BCUT2D eigenvalue weighted by Crippen LogP contribution is -2.46. The first kappa shape index (κ1) is 18.4. The van der Waals surface area contributed by atoms with Gasteiger partial charge in [-0.25, -0.2) is 4.79 Å². The van der Waals surface area contributed by atoms with E-state index < -0.39 is 29.3 Å². The van der Waals surface area contributed by atoms with Gasteiger partial charge in [0.05, 0.1) is 9.79 Å². The molecule has 138 valence electrons. The molecule has 0 unspecified atom stereocenters. The molecule has 0 radical (unpaired) electrons. The highest BCUT2D eigenvalue weighted by atomic mass is 32.2. The van der Waals surface area contributed by atoms with Crippen molar-refractivity contribution in [1.82, 2.24) is 4.90 Å². The molecule has 2 heterocycles. The summed E-state index contributed by atoms with van der Waals surface area (Å²) in [5.74, 6) is -0.792. The summed E-state index contributed by atoms with van der Waals surface area (Å²) in [6.45, 7) is 2.99. The molecule has 0 N–H and O–H groups in total. The van der Waals surface area contributed by atoms with Crippen LogP contribution in [0, 0.1) is 17.0 Å². The van der Waals surface area contributed by atoms with E-state index in [4.69, 9.17) is 4.74 Å². The van der Waals surface area contributed by atoms with Crippen LogP contribution >= 0.6 is 11.8 Å². The van der Waals surface area contributed by atoms with Gasteiger partial charge in [-0.05, 0) is 20.3 Å². The second kappa shape index (κ2) is 6.71. The Balaban J connectivity index is 1.65. The van der Waals surface area contributed by atoms with Gasteiger partial charge in [0, 0.05) is 29.4 Å². The maximum atomic E-state index is 12.4. The van der Waals surface area contributed by atoms with Crippen LogP contribution in [0.1, 0.15) is 35.7 Å². The molecule has 2 aliphatic rings. The topological polar surface area (TPSA) is 107 Å². The lowest BCUT2D eigenvalue weighted by atomic mass is 10.1. The van der Waals surface area contributed by atoms with Gasteiger partial charge < -0.3 is 9.64 Å². The number of nitro groups is 1. The molecule has 1 amide bonds. The highest BCUT2D eigenvalue weighted by molar-refractivity contribution is 8.01. The van der Waals surface area contributed by atoms with Crippen molar-refractivity contribution in [2.45, 2.75) is 37.6 Å². The molecule has 0 saturated carbocycles. The number of fused-ring (bicyclic) bond motifs is 1. The van der Waals surface area contributed by atoms with Gasteiger partial charge in [0.25, 0.3) is 5.69 Å². The molecule has 8 nitrogen and oxygen atoms in total. The molecule has 0 aliphatic carbocycles. The number of carbonyl (C=O) groups is 3. The Morgan fingerprint density at radius 2 is 2.19 bits per heavy atom. The van der Waals surface area contributed by atoms with Crippen molar-refractivity contribution in [1.29, 1.82) is 0 Å². The van der Waals surface area contributed by atoms with Crippen molar-refractivity contribution in [3.8, 4) is 0 Å². The number of ketones is 1. The molecule has 26 heavy (non-hydrogen) atoms. The summed E-state index contributed by atoms with van der Waals surface area (Å²) in [4.78, 5) is 48.2. The SMILES string of the molecule is Cc1ccc(C(=O)COC(=O)[C@@H]2CS[C@@]3(C)CCC(=O)N23)cc1[N+](=O)[O-]. The van der Waals surface area contributed by atoms with Crippen molar-refractivity contribution >= 4 is 35.1 Å². The second-order valence-corrected chi connectivity index (χ2v) is 8.06. The number of nitro benzene ring substituents is 1. The van der Waals surface area contributed by atoms with Crippen LogP contribution in [0.2, 0.25) is 0 Å². The molecule has 9 heteroatoms. The minimum atomic E-state index is -0.694. The number of esters is 1. The number of thioether (sulfide) groups is 1. The van der Waals surface area contributed by atoms with Crippen LogP contribution in [0.3, 0.4) is 0 Å². The Hall–Kier alpha value is -2.42. The Morgan fingerprint density at radius 1 is 1.46 bits per heavy atom. The first-order chi connectivity index (χ1) is 12.2. The summed E-state index contributed by atoms with van der Waals surface area (Å²) in [5.41, 5.74) is 0.393. The molecule has 2 atom stereocenters. The van der Waals surface area contributed by atoms with Gasteiger partial charge in [-0.15, -0.1) is 11.8 Å². The molecule has 2 fully saturated rings. The lowest BCUT2D eigenvalue weighted by Gasteiger charge is -2.29.